The Hall–Kier alpha value is -1.00. The van der Waals surface area contributed by atoms with Gasteiger partial charge in [0.2, 0.25) is 0 Å². The van der Waals surface area contributed by atoms with Gasteiger partial charge in [-0.05, 0) is 32.9 Å². The zero-order chi connectivity index (χ0) is 12.8. The Labute approximate surface area is 101 Å². The van der Waals surface area contributed by atoms with Crippen LogP contribution in [0, 0.1) is 18.6 Å². The van der Waals surface area contributed by atoms with Crippen LogP contribution in [0.5, 0.6) is 0 Å². The fourth-order valence-electron chi connectivity index (χ4n) is 1.73. The van der Waals surface area contributed by atoms with Gasteiger partial charge in [0.1, 0.15) is 0 Å². The minimum atomic E-state index is -0.765. The molecule has 0 fully saturated rings. The van der Waals surface area contributed by atoms with Crippen LogP contribution in [0.15, 0.2) is 12.1 Å². The number of ether oxygens (including phenoxy) is 1. The molecular formula is C13H19F2NO. The number of rotatable bonds is 6. The van der Waals surface area contributed by atoms with Crippen molar-refractivity contribution in [2.24, 2.45) is 0 Å². The van der Waals surface area contributed by atoms with Crippen LogP contribution < -0.4 is 5.32 Å². The summed E-state index contributed by atoms with van der Waals surface area (Å²) in [6.45, 7) is 4.61. The smallest absolute Gasteiger partial charge is 0.163 e. The van der Waals surface area contributed by atoms with Crippen LogP contribution in [-0.2, 0) is 4.74 Å². The minimum Gasteiger partial charge on any atom is -0.382 e. The van der Waals surface area contributed by atoms with E-state index in [0.717, 1.165) is 0 Å². The van der Waals surface area contributed by atoms with Crippen molar-refractivity contribution in [3.8, 4) is 0 Å². The van der Waals surface area contributed by atoms with Gasteiger partial charge in [0.15, 0.2) is 11.6 Å². The highest BCUT2D eigenvalue weighted by Gasteiger charge is 2.18. The Balaban J connectivity index is 2.85. The monoisotopic (exact) mass is 243 g/mol. The van der Waals surface area contributed by atoms with Crippen molar-refractivity contribution in [2.75, 3.05) is 20.3 Å². The van der Waals surface area contributed by atoms with E-state index in [-0.39, 0.29) is 6.04 Å². The van der Waals surface area contributed by atoms with Crippen molar-refractivity contribution in [3.63, 3.8) is 0 Å². The second kappa shape index (κ2) is 6.67. The maximum atomic E-state index is 13.8. The molecule has 0 spiro atoms. The van der Waals surface area contributed by atoms with Crippen LogP contribution in [0.4, 0.5) is 8.78 Å². The van der Waals surface area contributed by atoms with Crippen molar-refractivity contribution in [1.82, 2.24) is 5.32 Å². The van der Waals surface area contributed by atoms with E-state index < -0.39 is 11.6 Å². The van der Waals surface area contributed by atoms with Crippen molar-refractivity contribution in [3.05, 3.63) is 34.9 Å². The van der Waals surface area contributed by atoms with E-state index in [1.807, 2.05) is 6.92 Å². The van der Waals surface area contributed by atoms with Gasteiger partial charge < -0.3 is 10.1 Å². The molecular weight excluding hydrogens is 224 g/mol. The predicted octanol–water partition coefficient (Wildman–Crippen LogP) is 2.96. The van der Waals surface area contributed by atoms with E-state index in [4.69, 9.17) is 4.74 Å². The van der Waals surface area contributed by atoms with E-state index in [0.29, 0.717) is 30.8 Å². The molecule has 1 aromatic rings. The molecule has 1 atom stereocenters. The van der Waals surface area contributed by atoms with Crippen LogP contribution in [0.1, 0.15) is 30.5 Å². The lowest BCUT2D eigenvalue weighted by Crippen LogP contribution is -2.20. The Bertz CT molecular complexity index is 369. The van der Waals surface area contributed by atoms with Gasteiger partial charge in [-0.1, -0.05) is 12.1 Å². The standard InChI is InChI=1S/C13H19F2NO/c1-4-17-8-7-11(16-3)10-6-5-9(2)12(14)13(10)15/h5-6,11,16H,4,7-8H2,1-3H3. The van der Waals surface area contributed by atoms with Gasteiger partial charge in [0, 0.05) is 24.8 Å². The first-order chi connectivity index (χ1) is 8.11. The molecule has 96 valence electrons. The third-order valence-electron chi connectivity index (χ3n) is 2.78. The summed E-state index contributed by atoms with van der Waals surface area (Å²) in [4.78, 5) is 0. The molecule has 1 unspecified atom stereocenters. The normalized spacial score (nSPS) is 12.8. The Morgan fingerprint density at radius 3 is 2.59 bits per heavy atom. The maximum Gasteiger partial charge on any atom is 0.163 e. The fraction of sp³-hybridized carbons (Fsp3) is 0.538. The van der Waals surface area contributed by atoms with Crippen molar-refractivity contribution >= 4 is 0 Å². The summed E-state index contributed by atoms with van der Waals surface area (Å²) >= 11 is 0. The van der Waals surface area contributed by atoms with Crippen molar-refractivity contribution in [2.45, 2.75) is 26.3 Å². The summed E-state index contributed by atoms with van der Waals surface area (Å²) < 4.78 is 32.4. The molecule has 0 heterocycles. The van der Waals surface area contributed by atoms with Crippen LogP contribution in [0.2, 0.25) is 0 Å². The topological polar surface area (TPSA) is 21.3 Å². The van der Waals surface area contributed by atoms with E-state index >= 15 is 0 Å². The van der Waals surface area contributed by atoms with Crippen LogP contribution in [-0.4, -0.2) is 20.3 Å². The molecule has 2 nitrogen and oxygen atoms in total. The summed E-state index contributed by atoms with van der Waals surface area (Å²) in [5.74, 6) is -1.53. The molecule has 0 saturated heterocycles. The zero-order valence-electron chi connectivity index (χ0n) is 10.5. The van der Waals surface area contributed by atoms with E-state index in [9.17, 15) is 8.78 Å². The molecule has 1 N–H and O–H groups in total. The third-order valence-corrected chi connectivity index (χ3v) is 2.78. The first-order valence-electron chi connectivity index (χ1n) is 5.81. The van der Waals surface area contributed by atoms with Crippen LogP contribution in [0.25, 0.3) is 0 Å². The molecule has 0 radical (unpaired) electrons. The van der Waals surface area contributed by atoms with Gasteiger partial charge in [0.05, 0.1) is 0 Å². The second-order valence-corrected chi connectivity index (χ2v) is 3.93. The number of aryl methyl sites for hydroxylation is 1. The maximum absolute atomic E-state index is 13.8. The highest BCUT2D eigenvalue weighted by Crippen LogP contribution is 2.23. The highest BCUT2D eigenvalue weighted by atomic mass is 19.2. The lowest BCUT2D eigenvalue weighted by molar-refractivity contribution is 0.136. The molecule has 0 bridgehead atoms. The van der Waals surface area contributed by atoms with Gasteiger partial charge >= 0.3 is 0 Å². The largest absolute Gasteiger partial charge is 0.382 e. The Kier molecular flexibility index (Phi) is 5.51. The van der Waals surface area contributed by atoms with Crippen molar-refractivity contribution in [1.29, 1.82) is 0 Å². The Morgan fingerprint density at radius 1 is 1.29 bits per heavy atom. The summed E-state index contributed by atoms with van der Waals surface area (Å²) in [7, 11) is 1.73. The number of hydrogen-bond acceptors (Lipinski definition) is 2. The predicted molar refractivity (Wildman–Crippen MR) is 64.0 cm³/mol. The lowest BCUT2D eigenvalue weighted by Gasteiger charge is -2.18. The molecule has 0 aliphatic carbocycles. The van der Waals surface area contributed by atoms with Crippen LogP contribution >= 0.6 is 0 Å². The molecule has 0 aliphatic rings. The Morgan fingerprint density at radius 2 is 2.00 bits per heavy atom. The van der Waals surface area contributed by atoms with E-state index in [1.165, 1.54) is 0 Å². The fourth-order valence-corrected chi connectivity index (χ4v) is 1.73. The number of benzene rings is 1. The van der Waals surface area contributed by atoms with Gasteiger partial charge in [-0.2, -0.15) is 0 Å². The van der Waals surface area contributed by atoms with Gasteiger partial charge in [-0.25, -0.2) is 8.78 Å². The molecule has 0 saturated carbocycles. The highest BCUT2D eigenvalue weighted by molar-refractivity contribution is 5.27. The second-order valence-electron chi connectivity index (χ2n) is 3.93. The SMILES string of the molecule is CCOCCC(NC)c1ccc(C)c(F)c1F. The van der Waals surface area contributed by atoms with Gasteiger partial charge in [0.25, 0.3) is 0 Å². The molecule has 0 amide bonds. The van der Waals surface area contributed by atoms with Crippen LogP contribution in [0.3, 0.4) is 0 Å². The third kappa shape index (κ3) is 3.48. The quantitative estimate of drug-likeness (QED) is 0.776. The average molecular weight is 243 g/mol. The average Bonchev–Trinajstić information content (AvgIpc) is 2.33. The summed E-state index contributed by atoms with van der Waals surface area (Å²) in [6.07, 6.45) is 0.615. The van der Waals surface area contributed by atoms with Gasteiger partial charge in [-0.3, -0.25) is 0 Å². The first-order valence-corrected chi connectivity index (χ1v) is 5.81. The molecule has 0 aliphatic heterocycles. The summed E-state index contributed by atoms with van der Waals surface area (Å²) in [5, 5.41) is 2.98. The summed E-state index contributed by atoms with van der Waals surface area (Å²) in [6, 6.07) is 3.00. The van der Waals surface area contributed by atoms with Gasteiger partial charge in [-0.15, -0.1) is 0 Å². The lowest BCUT2D eigenvalue weighted by atomic mass is 10.0. The van der Waals surface area contributed by atoms with Crippen molar-refractivity contribution < 1.29 is 13.5 Å². The molecule has 0 aromatic heterocycles. The number of halogens is 2. The minimum absolute atomic E-state index is 0.225. The summed E-state index contributed by atoms with van der Waals surface area (Å²) in [5.41, 5.74) is 0.682. The van der Waals surface area contributed by atoms with E-state index in [1.54, 1.807) is 26.1 Å². The zero-order valence-corrected chi connectivity index (χ0v) is 10.5. The molecule has 1 aromatic carbocycles. The molecule has 1 rings (SSSR count). The number of hydrogen-bond donors (Lipinski definition) is 1. The molecule has 17 heavy (non-hydrogen) atoms. The van der Waals surface area contributed by atoms with E-state index in [2.05, 4.69) is 5.32 Å². The first kappa shape index (κ1) is 14.1. The number of nitrogens with one attached hydrogen (secondary N) is 1. The molecule has 4 heteroatoms.